The Balaban J connectivity index is 2.07. The zero-order valence-electron chi connectivity index (χ0n) is 10.5. The van der Waals surface area contributed by atoms with Crippen molar-refractivity contribution in [2.45, 2.75) is 38.3 Å². The lowest BCUT2D eigenvalue weighted by Gasteiger charge is -2.33. The molecule has 1 aromatic rings. The molecule has 0 spiro atoms. The first-order valence-corrected chi connectivity index (χ1v) is 6.56. The van der Waals surface area contributed by atoms with Crippen molar-refractivity contribution in [2.24, 2.45) is 0 Å². The molecule has 0 bridgehead atoms. The van der Waals surface area contributed by atoms with Crippen LogP contribution in [0.25, 0.3) is 0 Å². The number of aliphatic hydroxyl groups excluding tert-OH is 1. The predicted molar refractivity (Wildman–Crippen MR) is 71.3 cm³/mol. The fourth-order valence-corrected chi connectivity index (χ4v) is 2.82. The highest BCUT2D eigenvalue weighted by molar-refractivity contribution is 6.31. The maximum atomic E-state index is 10.3. The van der Waals surface area contributed by atoms with Crippen LogP contribution in [0.5, 0.6) is 0 Å². The third-order valence-corrected chi connectivity index (χ3v) is 4.07. The molecule has 1 N–H and O–H groups in total. The summed E-state index contributed by atoms with van der Waals surface area (Å²) in [6.45, 7) is 6.20. The van der Waals surface area contributed by atoms with Gasteiger partial charge < -0.3 is 5.11 Å². The van der Waals surface area contributed by atoms with Crippen molar-refractivity contribution in [1.82, 2.24) is 4.90 Å². The van der Waals surface area contributed by atoms with Crippen LogP contribution in [0.4, 0.5) is 0 Å². The van der Waals surface area contributed by atoms with Crippen LogP contribution >= 0.6 is 11.6 Å². The second-order valence-corrected chi connectivity index (χ2v) is 5.81. The minimum Gasteiger partial charge on any atom is -0.387 e. The highest BCUT2D eigenvalue weighted by Gasteiger charge is 2.33. The molecular weight excluding hydrogens is 234 g/mol. The van der Waals surface area contributed by atoms with Crippen molar-refractivity contribution in [2.75, 3.05) is 13.1 Å². The molecule has 1 atom stereocenters. The number of likely N-dealkylation sites (tertiary alicyclic amines) is 1. The number of halogens is 1. The second kappa shape index (κ2) is 4.97. The summed E-state index contributed by atoms with van der Waals surface area (Å²) >= 11 is 6.10. The van der Waals surface area contributed by atoms with E-state index in [-0.39, 0.29) is 5.54 Å². The highest BCUT2D eigenvalue weighted by Crippen LogP contribution is 2.31. The summed E-state index contributed by atoms with van der Waals surface area (Å²) in [4.78, 5) is 2.35. The summed E-state index contributed by atoms with van der Waals surface area (Å²) in [5.41, 5.74) is 1.03. The van der Waals surface area contributed by atoms with Crippen LogP contribution < -0.4 is 0 Å². The average Bonchev–Trinajstić information content (AvgIpc) is 2.59. The third kappa shape index (κ3) is 2.82. The van der Waals surface area contributed by atoms with Gasteiger partial charge in [-0.1, -0.05) is 29.8 Å². The molecule has 0 saturated carbocycles. The molecule has 1 saturated heterocycles. The van der Waals surface area contributed by atoms with E-state index in [4.69, 9.17) is 11.6 Å². The number of benzene rings is 1. The van der Waals surface area contributed by atoms with Gasteiger partial charge in [0.25, 0.3) is 0 Å². The lowest BCUT2D eigenvalue weighted by molar-refractivity contribution is 0.0779. The Labute approximate surface area is 108 Å². The Morgan fingerprint density at radius 1 is 1.41 bits per heavy atom. The number of aliphatic hydroxyl groups is 1. The van der Waals surface area contributed by atoms with Crippen LogP contribution in [0.15, 0.2) is 24.3 Å². The van der Waals surface area contributed by atoms with E-state index in [0.717, 1.165) is 12.1 Å². The summed E-state index contributed by atoms with van der Waals surface area (Å²) in [5.74, 6) is 0. The predicted octanol–water partition coefficient (Wildman–Crippen LogP) is 3.25. The Hall–Kier alpha value is -0.570. The molecule has 1 heterocycles. The number of rotatable bonds is 3. The summed E-state index contributed by atoms with van der Waals surface area (Å²) < 4.78 is 0. The largest absolute Gasteiger partial charge is 0.387 e. The van der Waals surface area contributed by atoms with Gasteiger partial charge in [-0.15, -0.1) is 0 Å². The highest BCUT2D eigenvalue weighted by atomic mass is 35.5. The molecule has 0 aromatic heterocycles. The van der Waals surface area contributed by atoms with Crippen LogP contribution in [0.2, 0.25) is 5.02 Å². The maximum Gasteiger partial charge on any atom is 0.0931 e. The SMILES string of the molecule is CC1(C)CCCN1CC(O)c1ccccc1Cl. The summed E-state index contributed by atoms with van der Waals surface area (Å²) in [6.07, 6.45) is 1.91. The van der Waals surface area contributed by atoms with E-state index in [1.54, 1.807) is 0 Å². The molecule has 2 rings (SSSR count). The lowest BCUT2D eigenvalue weighted by atomic mass is 10.0. The molecule has 0 radical (unpaired) electrons. The van der Waals surface area contributed by atoms with Crippen LogP contribution in [-0.4, -0.2) is 28.6 Å². The van der Waals surface area contributed by atoms with Crippen molar-refractivity contribution >= 4 is 11.6 Å². The average molecular weight is 254 g/mol. The number of nitrogens with zero attached hydrogens (tertiary/aromatic N) is 1. The molecule has 94 valence electrons. The van der Waals surface area contributed by atoms with Gasteiger partial charge in [-0.25, -0.2) is 0 Å². The fourth-order valence-electron chi connectivity index (χ4n) is 2.55. The Kier molecular flexibility index (Phi) is 3.76. The van der Waals surface area contributed by atoms with E-state index >= 15 is 0 Å². The molecule has 0 aliphatic carbocycles. The zero-order valence-corrected chi connectivity index (χ0v) is 11.2. The van der Waals surface area contributed by atoms with E-state index in [1.165, 1.54) is 12.8 Å². The molecule has 1 unspecified atom stereocenters. The summed E-state index contributed by atoms with van der Waals surface area (Å²) in [5, 5.41) is 10.9. The maximum absolute atomic E-state index is 10.3. The third-order valence-electron chi connectivity index (χ3n) is 3.73. The molecule has 3 heteroatoms. The Bertz CT molecular complexity index is 392. The van der Waals surface area contributed by atoms with E-state index < -0.39 is 6.10 Å². The molecule has 1 fully saturated rings. The van der Waals surface area contributed by atoms with Crippen molar-refractivity contribution < 1.29 is 5.11 Å². The number of hydrogen-bond acceptors (Lipinski definition) is 2. The fraction of sp³-hybridized carbons (Fsp3) is 0.571. The summed E-state index contributed by atoms with van der Waals surface area (Å²) in [7, 11) is 0. The van der Waals surface area contributed by atoms with Gasteiger partial charge in [0, 0.05) is 22.7 Å². The van der Waals surface area contributed by atoms with Crippen molar-refractivity contribution in [1.29, 1.82) is 0 Å². The molecule has 0 amide bonds. The number of β-amino-alcohol motifs (C(OH)–C–C–N with tert-alkyl or cyclic N) is 1. The van der Waals surface area contributed by atoms with E-state index in [1.807, 2.05) is 24.3 Å². The van der Waals surface area contributed by atoms with Gasteiger partial charge >= 0.3 is 0 Å². The molecule has 1 aliphatic rings. The van der Waals surface area contributed by atoms with E-state index in [0.29, 0.717) is 11.6 Å². The minimum absolute atomic E-state index is 0.197. The molecule has 1 aromatic carbocycles. The van der Waals surface area contributed by atoms with E-state index in [9.17, 15) is 5.11 Å². The smallest absolute Gasteiger partial charge is 0.0931 e. The second-order valence-electron chi connectivity index (χ2n) is 5.40. The van der Waals surface area contributed by atoms with Gasteiger partial charge in [0.05, 0.1) is 6.10 Å². The van der Waals surface area contributed by atoms with Gasteiger partial charge in [0.1, 0.15) is 0 Å². The van der Waals surface area contributed by atoms with Crippen LogP contribution in [-0.2, 0) is 0 Å². The minimum atomic E-state index is -0.499. The van der Waals surface area contributed by atoms with Gasteiger partial charge in [0.15, 0.2) is 0 Å². The van der Waals surface area contributed by atoms with Gasteiger partial charge in [-0.2, -0.15) is 0 Å². The molecule has 1 aliphatic heterocycles. The van der Waals surface area contributed by atoms with E-state index in [2.05, 4.69) is 18.7 Å². The summed E-state index contributed by atoms with van der Waals surface area (Å²) in [6, 6.07) is 7.53. The Morgan fingerprint density at radius 2 is 2.12 bits per heavy atom. The molecule has 2 nitrogen and oxygen atoms in total. The Morgan fingerprint density at radius 3 is 2.71 bits per heavy atom. The zero-order chi connectivity index (χ0) is 12.5. The van der Waals surface area contributed by atoms with Crippen molar-refractivity contribution in [3.8, 4) is 0 Å². The van der Waals surface area contributed by atoms with Gasteiger partial charge in [0.2, 0.25) is 0 Å². The first kappa shape index (κ1) is 12.9. The topological polar surface area (TPSA) is 23.5 Å². The van der Waals surface area contributed by atoms with Crippen LogP contribution in [0, 0.1) is 0 Å². The number of hydrogen-bond donors (Lipinski definition) is 1. The van der Waals surface area contributed by atoms with Crippen molar-refractivity contribution in [3.63, 3.8) is 0 Å². The monoisotopic (exact) mass is 253 g/mol. The van der Waals surface area contributed by atoms with Gasteiger partial charge in [-0.3, -0.25) is 4.90 Å². The standard InChI is InChI=1S/C14H20ClNO/c1-14(2)8-5-9-16(14)10-13(17)11-6-3-4-7-12(11)15/h3-4,6-7,13,17H,5,8-10H2,1-2H3. The lowest BCUT2D eigenvalue weighted by Crippen LogP contribution is -2.40. The first-order chi connectivity index (χ1) is 8.00. The van der Waals surface area contributed by atoms with Crippen molar-refractivity contribution in [3.05, 3.63) is 34.9 Å². The quantitative estimate of drug-likeness (QED) is 0.894. The molecular formula is C14H20ClNO. The van der Waals surface area contributed by atoms with Crippen LogP contribution in [0.1, 0.15) is 38.4 Å². The first-order valence-electron chi connectivity index (χ1n) is 6.18. The normalized spacial score (nSPS) is 21.6. The van der Waals surface area contributed by atoms with Crippen LogP contribution in [0.3, 0.4) is 0 Å². The van der Waals surface area contributed by atoms with Gasteiger partial charge in [-0.05, 0) is 39.3 Å². The molecule has 17 heavy (non-hydrogen) atoms.